The average molecular weight is 296 g/mol. The normalized spacial score (nSPS) is 10.8. The number of hydrogen-bond acceptors (Lipinski definition) is 4. The van der Waals surface area contributed by atoms with Crippen molar-refractivity contribution in [2.75, 3.05) is 5.73 Å². The van der Waals surface area contributed by atoms with E-state index in [0.717, 1.165) is 11.3 Å². The third-order valence-electron chi connectivity index (χ3n) is 2.30. The number of aromatic nitrogens is 1. The molecule has 2 aromatic rings. The minimum Gasteiger partial charge on any atom is -0.278 e. The van der Waals surface area contributed by atoms with Gasteiger partial charge in [0.2, 0.25) is 0 Å². The van der Waals surface area contributed by atoms with E-state index >= 15 is 0 Å². The van der Waals surface area contributed by atoms with Crippen LogP contribution in [0.15, 0.2) is 29.4 Å². The molecule has 0 aliphatic heterocycles. The zero-order chi connectivity index (χ0) is 13.8. The highest BCUT2D eigenvalue weighted by Crippen LogP contribution is 2.15. The number of anilines is 1. The third kappa shape index (κ3) is 3.52. The second kappa shape index (κ2) is 5.81. The predicted octanol–water partition coefficient (Wildman–Crippen LogP) is 1.87. The monoisotopic (exact) mass is 295 g/mol. The molecule has 0 aliphatic carbocycles. The van der Waals surface area contributed by atoms with Gasteiger partial charge in [-0.05, 0) is 36.0 Å². The number of H-pyrrole nitrogens is 1. The van der Waals surface area contributed by atoms with Crippen molar-refractivity contribution in [3.8, 4) is 0 Å². The summed E-state index contributed by atoms with van der Waals surface area (Å²) < 4.78 is 0. The Bertz CT molecular complexity index is 638. The summed E-state index contributed by atoms with van der Waals surface area (Å²) in [6.45, 7) is 1.78. The molecule has 0 fully saturated rings. The SMILES string of the molecule is Cc1[nH+]c(N)sc1C(=O)NN=Cc1cccc(Cl)c1. The Balaban J connectivity index is 2.03. The Kier molecular flexibility index (Phi) is 4.13. The molecule has 5 nitrogen and oxygen atoms in total. The average Bonchev–Trinajstić information content (AvgIpc) is 2.68. The number of aromatic amines is 1. The number of hydrazone groups is 1. The van der Waals surface area contributed by atoms with E-state index in [2.05, 4.69) is 15.5 Å². The van der Waals surface area contributed by atoms with Crippen molar-refractivity contribution in [2.45, 2.75) is 6.92 Å². The van der Waals surface area contributed by atoms with Gasteiger partial charge in [-0.2, -0.15) is 5.10 Å². The Morgan fingerprint density at radius 1 is 1.58 bits per heavy atom. The molecule has 1 heterocycles. The van der Waals surface area contributed by atoms with Crippen molar-refractivity contribution < 1.29 is 9.78 Å². The van der Waals surface area contributed by atoms with E-state index in [-0.39, 0.29) is 5.91 Å². The van der Waals surface area contributed by atoms with Crippen LogP contribution >= 0.6 is 22.9 Å². The second-order valence-corrected chi connectivity index (χ2v) is 5.29. The molecule has 0 radical (unpaired) electrons. The van der Waals surface area contributed by atoms with Gasteiger partial charge >= 0.3 is 5.13 Å². The molecule has 7 heteroatoms. The smallest absolute Gasteiger partial charge is 0.278 e. The summed E-state index contributed by atoms with van der Waals surface area (Å²) in [5, 5.41) is 4.98. The van der Waals surface area contributed by atoms with Crippen LogP contribution in [0.5, 0.6) is 0 Å². The molecule has 19 heavy (non-hydrogen) atoms. The maximum absolute atomic E-state index is 11.8. The maximum atomic E-state index is 11.8. The van der Waals surface area contributed by atoms with E-state index in [1.165, 1.54) is 17.6 Å². The quantitative estimate of drug-likeness (QED) is 0.669. The summed E-state index contributed by atoms with van der Waals surface area (Å²) >= 11 is 7.03. The molecule has 0 saturated carbocycles. The highest BCUT2D eigenvalue weighted by atomic mass is 35.5. The first-order chi connectivity index (χ1) is 9.06. The fraction of sp³-hybridized carbons (Fsp3) is 0.0833. The van der Waals surface area contributed by atoms with E-state index in [9.17, 15) is 4.79 Å². The van der Waals surface area contributed by atoms with Crippen molar-refractivity contribution in [1.82, 2.24) is 5.43 Å². The van der Waals surface area contributed by atoms with Gasteiger partial charge in [0, 0.05) is 5.02 Å². The van der Waals surface area contributed by atoms with Gasteiger partial charge in [0.15, 0.2) is 0 Å². The lowest BCUT2D eigenvalue weighted by Gasteiger charge is -1.96. The molecule has 0 unspecified atom stereocenters. The molecule has 0 aliphatic rings. The fourth-order valence-corrected chi connectivity index (χ4v) is 2.44. The molecular weight excluding hydrogens is 284 g/mol. The number of thiazole rings is 1. The van der Waals surface area contributed by atoms with Crippen LogP contribution in [0.4, 0.5) is 5.13 Å². The van der Waals surface area contributed by atoms with Crippen LogP contribution in [0.1, 0.15) is 20.9 Å². The molecule has 1 aromatic heterocycles. The highest BCUT2D eigenvalue weighted by molar-refractivity contribution is 7.16. The first-order valence-electron chi connectivity index (χ1n) is 5.43. The van der Waals surface area contributed by atoms with E-state index in [0.29, 0.717) is 15.0 Å². The molecule has 0 saturated heterocycles. The lowest BCUT2D eigenvalue weighted by Crippen LogP contribution is -2.19. The Hall–Kier alpha value is -1.92. The number of nitrogens with two attached hydrogens (primary N) is 1. The zero-order valence-electron chi connectivity index (χ0n) is 10.1. The number of amides is 1. The predicted molar refractivity (Wildman–Crippen MR) is 76.5 cm³/mol. The molecule has 1 amide bonds. The maximum Gasteiger partial charge on any atom is 0.330 e. The molecule has 0 bridgehead atoms. The van der Waals surface area contributed by atoms with E-state index in [4.69, 9.17) is 17.3 Å². The van der Waals surface area contributed by atoms with Crippen molar-refractivity contribution in [3.63, 3.8) is 0 Å². The summed E-state index contributed by atoms with van der Waals surface area (Å²) in [6.07, 6.45) is 1.53. The van der Waals surface area contributed by atoms with E-state index in [1.54, 1.807) is 19.1 Å². The van der Waals surface area contributed by atoms with Gasteiger partial charge in [-0.25, -0.2) is 10.4 Å². The fourth-order valence-electron chi connectivity index (χ4n) is 1.47. The van der Waals surface area contributed by atoms with Crippen LogP contribution in [-0.2, 0) is 0 Å². The molecule has 98 valence electrons. The van der Waals surface area contributed by atoms with Crippen LogP contribution in [0.25, 0.3) is 0 Å². The standard InChI is InChI=1S/C12H11ClN4OS/c1-7-10(19-12(14)16-7)11(18)17-15-6-8-3-2-4-9(13)5-8/h2-6H,1H3,(H2,14,16)(H,17,18)/p+1. The number of nitrogens with one attached hydrogen (secondary N) is 2. The number of nitrogen functional groups attached to an aromatic ring is 1. The van der Waals surface area contributed by atoms with Gasteiger partial charge in [-0.1, -0.05) is 23.7 Å². The topological polar surface area (TPSA) is 81.6 Å². The Morgan fingerprint density at radius 3 is 3.00 bits per heavy atom. The van der Waals surface area contributed by atoms with E-state index < -0.39 is 0 Å². The van der Waals surface area contributed by atoms with E-state index in [1.807, 2.05) is 12.1 Å². The lowest BCUT2D eigenvalue weighted by atomic mass is 10.2. The first-order valence-corrected chi connectivity index (χ1v) is 6.63. The summed E-state index contributed by atoms with van der Waals surface area (Å²) in [4.78, 5) is 15.2. The van der Waals surface area contributed by atoms with Gasteiger partial charge < -0.3 is 0 Å². The van der Waals surface area contributed by atoms with Gasteiger partial charge in [0.1, 0.15) is 10.6 Å². The number of halogens is 1. The van der Waals surface area contributed by atoms with Gasteiger partial charge in [-0.3, -0.25) is 10.5 Å². The second-order valence-electron chi connectivity index (χ2n) is 3.80. The Labute approximate surface area is 119 Å². The van der Waals surface area contributed by atoms with Crippen LogP contribution in [-0.4, -0.2) is 12.1 Å². The number of aryl methyl sites for hydroxylation is 1. The van der Waals surface area contributed by atoms with Gasteiger partial charge in [-0.15, -0.1) is 0 Å². The molecule has 0 atom stereocenters. The zero-order valence-corrected chi connectivity index (χ0v) is 11.7. The minimum absolute atomic E-state index is 0.297. The lowest BCUT2D eigenvalue weighted by molar-refractivity contribution is -0.363. The van der Waals surface area contributed by atoms with Crippen LogP contribution in [0, 0.1) is 6.92 Å². The summed E-state index contributed by atoms with van der Waals surface area (Å²) in [5.41, 5.74) is 9.55. The number of nitrogens with zero attached hydrogens (tertiary/aromatic N) is 1. The van der Waals surface area contributed by atoms with Crippen LogP contribution in [0.3, 0.4) is 0 Å². The molecule has 1 aromatic carbocycles. The van der Waals surface area contributed by atoms with Gasteiger partial charge in [0.05, 0.1) is 6.21 Å². The summed E-state index contributed by atoms with van der Waals surface area (Å²) in [6, 6.07) is 7.17. The highest BCUT2D eigenvalue weighted by Gasteiger charge is 2.16. The molecule has 4 N–H and O–H groups in total. The van der Waals surface area contributed by atoms with Crippen molar-refractivity contribution in [1.29, 1.82) is 0 Å². The van der Waals surface area contributed by atoms with Gasteiger partial charge in [0.25, 0.3) is 5.91 Å². The van der Waals surface area contributed by atoms with Crippen LogP contribution in [0.2, 0.25) is 5.02 Å². The third-order valence-corrected chi connectivity index (χ3v) is 3.55. The van der Waals surface area contributed by atoms with Crippen LogP contribution < -0.4 is 16.1 Å². The minimum atomic E-state index is -0.297. The first kappa shape index (κ1) is 13.5. The summed E-state index contributed by atoms with van der Waals surface area (Å²) in [5.74, 6) is -0.297. The summed E-state index contributed by atoms with van der Waals surface area (Å²) in [7, 11) is 0. The number of hydrogen-bond donors (Lipinski definition) is 2. The van der Waals surface area contributed by atoms with Crippen molar-refractivity contribution >= 4 is 40.2 Å². The Morgan fingerprint density at radius 2 is 2.37 bits per heavy atom. The molecule has 0 spiro atoms. The number of rotatable bonds is 3. The number of carbonyl (C=O) groups excluding carboxylic acids is 1. The molecule has 2 rings (SSSR count). The molecular formula is C12H12ClN4OS+. The largest absolute Gasteiger partial charge is 0.330 e. The number of benzene rings is 1. The van der Waals surface area contributed by atoms with Crippen molar-refractivity contribution in [2.24, 2.45) is 5.10 Å². The number of carbonyl (C=O) groups is 1. The van der Waals surface area contributed by atoms with Crippen molar-refractivity contribution in [3.05, 3.63) is 45.4 Å².